The average Bonchev–Trinajstić information content (AvgIpc) is 2.96. The van der Waals surface area contributed by atoms with Gasteiger partial charge in [0.2, 0.25) is 15.9 Å². The van der Waals surface area contributed by atoms with Crippen LogP contribution in [0.4, 0.5) is 30.6 Å². The molecule has 45 heavy (non-hydrogen) atoms. The minimum Gasteiger partial charge on any atom is -0.369 e. The van der Waals surface area contributed by atoms with Crippen LogP contribution >= 0.6 is 12.4 Å². The van der Waals surface area contributed by atoms with Crippen LogP contribution in [0.1, 0.15) is 43.7 Å². The Labute approximate surface area is 269 Å². The summed E-state index contributed by atoms with van der Waals surface area (Å²) in [5, 5.41) is 3.03. The molecular formula is C32H40ClF2N5O4S. The fourth-order valence-corrected chi connectivity index (χ4v) is 6.32. The van der Waals surface area contributed by atoms with Gasteiger partial charge in [-0.05, 0) is 66.8 Å². The number of likely N-dealkylation sites (tertiary alicyclic amines) is 1. The number of nitrogens with two attached hydrogens (primary N) is 1. The van der Waals surface area contributed by atoms with Crippen molar-refractivity contribution < 1.29 is 26.8 Å². The van der Waals surface area contributed by atoms with Gasteiger partial charge in [0.15, 0.2) is 0 Å². The monoisotopic (exact) mass is 663 g/mol. The maximum absolute atomic E-state index is 14.5. The number of hydrogen-bond donors (Lipinski definition) is 2. The Hall–Kier alpha value is -3.74. The lowest BCUT2D eigenvalue weighted by Gasteiger charge is -2.34. The summed E-state index contributed by atoms with van der Waals surface area (Å²) in [4.78, 5) is 27.9. The second kappa shape index (κ2) is 16.0. The zero-order valence-electron chi connectivity index (χ0n) is 25.4. The third-order valence-electron chi connectivity index (χ3n) is 7.55. The number of carbonyl (C=O) groups is 2. The van der Waals surface area contributed by atoms with Crippen LogP contribution in [-0.4, -0.2) is 57.2 Å². The highest BCUT2D eigenvalue weighted by Crippen LogP contribution is 2.29. The number of rotatable bonds is 12. The number of nitrogens with one attached hydrogen (secondary N) is 1. The minimum atomic E-state index is -3.64. The maximum atomic E-state index is 14.5. The van der Waals surface area contributed by atoms with Crippen LogP contribution in [0.2, 0.25) is 0 Å². The predicted molar refractivity (Wildman–Crippen MR) is 175 cm³/mol. The number of sulfonamides is 1. The van der Waals surface area contributed by atoms with E-state index in [-0.39, 0.29) is 30.6 Å². The van der Waals surface area contributed by atoms with E-state index >= 15 is 0 Å². The molecule has 13 heteroatoms. The van der Waals surface area contributed by atoms with E-state index < -0.39 is 33.6 Å². The molecule has 0 bridgehead atoms. The number of amides is 3. The number of piperidine rings is 1. The molecule has 0 radical (unpaired) electrons. The van der Waals surface area contributed by atoms with E-state index in [4.69, 9.17) is 5.73 Å². The first-order chi connectivity index (χ1) is 20.9. The molecule has 244 valence electrons. The number of carbonyl (C=O) groups excluding carboxylic acids is 2. The van der Waals surface area contributed by atoms with E-state index in [1.807, 2.05) is 19.1 Å². The van der Waals surface area contributed by atoms with Crippen molar-refractivity contribution in [3.8, 4) is 0 Å². The lowest BCUT2D eigenvalue weighted by molar-refractivity contribution is -0.117. The largest absolute Gasteiger partial charge is 0.369 e. The van der Waals surface area contributed by atoms with Gasteiger partial charge in [0, 0.05) is 38.3 Å². The third-order valence-corrected chi connectivity index (χ3v) is 8.64. The van der Waals surface area contributed by atoms with E-state index in [0.29, 0.717) is 49.3 Å². The van der Waals surface area contributed by atoms with Gasteiger partial charge >= 0.3 is 6.03 Å². The van der Waals surface area contributed by atoms with Crippen LogP contribution in [0, 0.1) is 11.6 Å². The Morgan fingerprint density at radius 3 is 2.04 bits per heavy atom. The molecule has 9 nitrogen and oxygen atoms in total. The quantitative estimate of drug-likeness (QED) is 0.266. The van der Waals surface area contributed by atoms with Gasteiger partial charge < -0.3 is 11.1 Å². The minimum absolute atomic E-state index is 0. The van der Waals surface area contributed by atoms with Crippen LogP contribution in [0.5, 0.6) is 0 Å². The molecule has 0 saturated carbocycles. The standard InChI is InChI=1S/C32H39F2N5O4S.ClH/c1-3-4-17-38(30-14-9-25(33)21-29(30)34)32(41)36-26-15-18-37(19-16-26)22-24-7-12-28(13-8-24)39(44(2,42)43)27-10-5-23(6-11-27)20-31(35)40;/h5-14,21,26H,3-4,15-20,22H2,1-2H3,(H2,35,40)(H,36,41);1H. The smallest absolute Gasteiger partial charge is 0.322 e. The van der Waals surface area contributed by atoms with Crippen LogP contribution in [0.3, 0.4) is 0 Å². The summed E-state index contributed by atoms with van der Waals surface area (Å²) in [6.45, 7) is 4.44. The molecule has 4 rings (SSSR count). The lowest BCUT2D eigenvalue weighted by Crippen LogP contribution is -2.49. The van der Waals surface area contributed by atoms with E-state index in [0.717, 1.165) is 43.5 Å². The fraction of sp³-hybridized carbons (Fsp3) is 0.375. The summed E-state index contributed by atoms with van der Waals surface area (Å²) in [5.41, 5.74) is 7.97. The summed E-state index contributed by atoms with van der Waals surface area (Å²) in [5.74, 6) is -1.92. The highest BCUT2D eigenvalue weighted by Gasteiger charge is 2.26. The summed E-state index contributed by atoms with van der Waals surface area (Å²) < 4.78 is 54.5. The molecule has 3 N–H and O–H groups in total. The maximum Gasteiger partial charge on any atom is 0.322 e. The van der Waals surface area contributed by atoms with Gasteiger partial charge in [-0.1, -0.05) is 37.6 Å². The fourth-order valence-electron chi connectivity index (χ4n) is 5.31. The van der Waals surface area contributed by atoms with Gasteiger partial charge in [-0.3, -0.25) is 14.6 Å². The van der Waals surface area contributed by atoms with Crippen LogP contribution in [-0.2, 0) is 27.8 Å². The van der Waals surface area contributed by atoms with Gasteiger partial charge in [0.1, 0.15) is 11.6 Å². The second-order valence-corrected chi connectivity index (χ2v) is 12.9. The third kappa shape index (κ3) is 9.87. The lowest BCUT2D eigenvalue weighted by atomic mass is 10.0. The number of benzene rings is 3. The van der Waals surface area contributed by atoms with E-state index in [1.165, 1.54) is 15.3 Å². The van der Waals surface area contributed by atoms with Crippen molar-refractivity contribution in [3.05, 3.63) is 89.5 Å². The average molecular weight is 664 g/mol. The number of halogens is 3. The Morgan fingerprint density at radius 1 is 0.956 bits per heavy atom. The zero-order valence-corrected chi connectivity index (χ0v) is 27.0. The van der Waals surface area contributed by atoms with Crippen LogP contribution in [0.15, 0.2) is 66.7 Å². The van der Waals surface area contributed by atoms with E-state index in [9.17, 15) is 26.8 Å². The zero-order chi connectivity index (χ0) is 31.9. The van der Waals surface area contributed by atoms with Gasteiger partial charge in [0.05, 0.1) is 29.7 Å². The molecule has 0 spiro atoms. The molecule has 1 heterocycles. The van der Waals surface area contributed by atoms with Gasteiger partial charge in [-0.15, -0.1) is 12.4 Å². The molecule has 1 saturated heterocycles. The molecule has 1 fully saturated rings. The van der Waals surface area contributed by atoms with Crippen molar-refractivity contribution in [1.29, 1.82) is 0 Å². The van der Waals surface area contributed by atoms with Crippen molar-refractivity contribution in [2.45, 2.75) is 51.6 Å². The van der Waals surface area contributed by atoms with Crippen LogP contribution < -0.4 is 20.3 Å². The predicted octanol–water partition coefficient (Wildman–Crippen LogP) is 5.49. The first-order valence-corrected chi connectivity index (χ1v) is 16.5. The molecule has 1 aliphatic heterocycles. The van der Waals surface area contributed by atoms with Crippen molar-refractivity contribution in [3.63, 3.8) is 0 Å². The van der Waals surface area contributed by atoms with Gasteiger partial charge in [-0.2, -0.15) is 0 Å². The summed E-state index contributed by atoms with van der Waals surface area (Å²) >= 11 is 0. The highest BCUT2D eigenvalue weighted by molar-refractivity contribution is 7.92. The molecule has 1 aliphatic rings. The van der Waals surface area contributed by atoms with E-state index in [1.54, 1.807) is 36.4 Å². The normalized spacial score (nSPS) is 14.0. The summed E-state index contributed by atoms with van der Waals surface area (Å²) in [6, 6.07) is 16.7. The molecule has 0 aliphatic carbocycles. The number of hydrogen-bond acceptors (Lipinski definition) is 5. The molecule has 3 amide bonds. The Balaban J connectivity index is 0.00000552. The summed E-state index contributed by atoms with van der Waals surface area (Å²) in [7, 11) is -3.64. The molecular weight excluding hydrogens is 624 g/mol. The first kappa shape index (κ1) is 35.7. The van der Waals surface area contributed by atoms with Crippen LogP contribution in [0.25, 0.3) is 0 Å². The van der Waals surface area contributed by atoms with Crippen molar-refractivity contribution in [2.24, 2.45) is 5.73 Å². The molecule has 0 aromatic heterocycles. The molecule has 3 aromatic carbocycles. The van der Waals surface area contributed by atoms with E-state index in [2.05, 4.69) is 10.2 Å². The number of primary amides is 1. The number of unbranched alkanes of at least 4 members (excludes halogenated alkanes) is 1. The number of urea groups is 1. The molecule has 0 atom stereocenters. The van der Waals surface area contributed by atoms with Gasteiger partial charge in [-0.25, -0.2) is 26.3 Å². The Morgan fingerprint density at radius 2 is 1.53 bits per heavy atom. The molecule has 3 aromatic rings. The van der Waals surface area contributed by atoms with Gasteiger partial charge in [0.25, 0.3) is 0 Å². The first-order valence-electron chi connectivity index (χ1n) is 14.7. The SMILES string of the molecule is CCCCN(C(=O)NC1CCN(Cc2ccc(N(c3ccc(CC(N)=O)cc3)S(C)(=O)=O)cc2)CC1)c1ccc(F)cc1F.Cl. The van der Waals surface area contributed by atoms with Crippen molar-refractivity contribution >= 4 is 51.4 Å². The Kier molecular flexibility index (Phi) is 12.7. The Bertz CT molecular complexity index is 1550. The summed E-state index contributed by atoms with van der Waals surface area (Å²) in [6.07, 6.45) is 4.15. The topological polar surface area (TPSA) is 116 Å². The number of nitrogens with zero attached hydrogens (tertiary/aromatic N) is 3. The second-order valence-electron chi connectivity index (χ2n) is 11.1. The van der Waals surface area contributed by atoms with Crippen molar-refractivity contribution in [2.75, 3.05) is 35.1 Å². The molecule has 0 unspecified atom stereocenters. The highest BCUT2D eigenvalue weighted by atomic mass is 35.5. The van der Waals surface area contributed by atoms with Crippen molar-refractivity contribution in [1.82, 2.24) is 10.2 Å². The number of anilines is 3.